The van der Waals surface area contributed by atoms with E-state index in [1.165, 1.54) is 20.0 Å². The summed E-state index contributed by atoms with van der Waals surface area (Å²) in [6.45, 7) is 5.23. The van der Waals surface area contributed by atoms with Gasteiger partial charge in [-0.15, -0.1) is 22.7 Å². The summed E-state index contributed by atoms with van der Waals surface area (Å²) in [5.41, 5.74) is 5.52. The highest BCUT2D eigenvalue weighted by Crippen LogP contribution is 2.24. The van der Waals surface area contributed by atoms with Crippen molar-refractivity contribution in [2.75, 3.05) is 5.32 Å². The van der Waals surface area contributed by atoms with Crippen molar-refractivity contribution in [3.05, 3.63) is 45.1 Å². The van der Waals surface area contributed by atoms with Crippen molar-refractivity contribution in [3.63, 3.8) is 0 Å². The molecule has 18 heavy (non-hydrogen) atoms. The van der Waals surface area contributed by atoms with Gasteiger partial charge in [0.1, 0.15) is 0 Å². The smallest absolute Gasteiger partial charge is 0.0813 e. The van der Waals surface area contributed by atoms with E-state index in [0.717, 1.165) is 17.7 Å². The molecule has 2 nitrogen and oxygen atoms in total. The molecule has 0 saturated carbocycles. The average Bonchev–Trinajstić information content (AvgIpc) is 2.92. The van der Waals surface area contributed by atoms with Crippen LogP contribution in [0.2, 0.25) is 0 Å². The SMILES string of the molecule is Cc1cc(CNc2ccc3ncsc3c2)c(C)s1. The summed E-state index contributed by atoms with van der Waals surface area (Å²) in [6, 6.07) is 8.59. The van der Waals surface area contributed by atoms with Gasteiger partial charge >= 0.3 is 0 Å². The van der Waals surface area contributed by atoms with Crippen LogP contribution in [0.25, 0.3) is 10.2 Å². The Morgan fingerprint density at radius 1 is 1.22 bits per heavy atom. The highest BCUT2D eigenvalue weighted by Gasteiger charge is 2.03. The zero-order chi connectivity index (χ0) is 12.5. The van der Waals surface area contributed by atoms with Crippen molar-refractivity contribution in [2.24, 2.45) is 0 Å². The van der Waals surface area contributed by atoms with Crippen LogP contribution in [0.15, 0.2) is 29.8 Å². The maximum absolute atomic E-state index is 4.29. The van der Waals surface area contributed by atoms with Crippen LogP contribution < -0.4 is 5.32 Å². The van der Waals surface area contributed by atoms with Gasteiger partial charge in [-0.1, -0.05) is 0 Å². The molecule has 0 atom stereocenters. The van der Waals surface area contributed by atoms with E-state index in [9.17, 15) is 0 Å². The lowest BCUT2D eigenvalue weighted by atomic mass is 10.2. The van der Waals surface area contributed by atoms with Crippen LogP contribution in [0, 0.1) is 13.8 Å². The third kappa shape index (κ3) is 2.26. The normalized spacial score (nSPS) is 11.0. The Morgan fingerprint density at radius 2 is 2.11 bits per heavy atom. The zero-order valence-corrected chi connectivity index (χ0v) is 12.0. The van der Waals surface area contributed by atoms with Gasteiger partial charge in [0.05, 0.1) is 15.7 Å². The van der Waals surface area contributed by atoms with E-state index in [2.05, 4.69) is 48.4 Å². The summed E-state index contributed by atoms with van der Waals surface area (Å²) in [6.07, 6.45) is 0. The molecule has 1 aromatic carbocycles. The molecule has 0 saturated heterocycles. The minimum absolute atomic E-state index is 0.889. The van der Waals surface area contributed by atoms with Gasteiger partial charge in [0, 0.05) is 22.0 Å². The number of fused-ring (bicyclic) bond motifs is 1. The Bertz CT molecular complexity index is 682. The molecule has 3 rings (SSSR count). The van der Waals surface area contributed by atoms with Crippen LogP contribution in [0.1, 0.15) is 15.3 Å². The minimum Gasteiger partial charge on any atom is -0.381 e. The van der Waals surface area contributed by atoms with Gasteiger partial charge in [-0.2, -0.15) is 0 Å². The largest absolute Gasteiger partial charge is 0.381 e. The number of thiophene rings is 1. The fourth-order valence-corrected chi connectivity index (χ4v) is 3.68. The molecule has 0 radical (unpaired) electrons. The van der Waals surface area contributed by atoms with E-state index in [4.69, 9.17) is 0 Å². The Labute approximate surface area is 114 Å². The molecule has 92 valence electrons. The number of aromatic nitrogens is 1. The summed E-state index contributed by atoms with van der Waals surface area (Å²) >= 11 is 3.54. The van der Waals surface area contributed by atoms with Crippen LogP contribution in [-0.4, -0.2) is 4.98 Å². The molecule has 0 aliphatic heterocycles. The second-order valence-electron chi connectivity index (χ2n) is 4.33. The Hall–Kier alpha value is -1.39. The number of benzene rings is 1. The monoisotopic (exact) mass is 274 g/mol. The first-order valence-corrected chi connectivity index (χ1v) is 7.55. The van der Waals surface area contributed by atoms with Gasteiger partial charge in [0.25, 0.3) is 0 Å². The number of aryl methyl sites for hydroxylation is 2. The van der Waals surface area contributed by atoms with Crippen LogP contribution in [0.4, 0.5) is 5.69 Å². The number of rotatable bonds is 3. The predicted octanol–water partition coefficient (Wildman–Crippen LogP) is 4.59. The van der Waals surface area contributed by atoms with Crippen molar-refractivity contribution in [1.82, 2.24) is 4.98 Å². The Kier molecular flexibility index (Phi) is 3.06. The van der Waals surface area contributed by atoms with Gasteiger partial charge in [-0.25, -0.2) is 4.98 Å². The average molecular weight is 274 g/mol. The molecule has 2 heterocycles. The van der Waals surface area contributed by atoms with E-state index >= 15 is 0 Å². The number of hydrogen-bond donors (Lipinski definition) is 1. The lowest BCUT2D eigenvalue weighted by Gasteiger charge is -2.05. The van der Waals surface area contributed by atoms with Crippen LogP contribution >= 0.6 is 22.7 Å². The van der Waals surface area contributed by atoms with Crippen LogP contribution in [-0.2, 0) is 6.54 Å². The molecule has 0 amide bonds. The Morgan fingerprint density at radius 3 is 2.89 bits per heavy atom. The lowest BCUT2D eigenvalue weighted by molar-refractivity contribution is 1.14. The first kappa shape index (κ1) is 11.7. The topological polar surface area (TPSA) is 24.9 Å². The molecule has 2 aromatic heterocycles. The predicted molar refractivity (Wildman–Crippen MR) is 80.7 cm³/mol. The zero-order valence-electron chi connectivity index (χ0n) is 10.4. The van der Waals surface area contributed by atoms with Gasteiger partial charge < -0.3 is 5.32 Å². The highest BCUT2D eigenvalue weighted by atomic mass is 32.1. The third-order valence-electron chi connectivity index (χ3n) is 2.96. The quantitative estimate of drug-likeness (QED) is 0.755. The van der Waals surface area contributed by atoms with Crippen molar-refractivity contribution in [2.45, 2.75) is 20.4 Å². The molecular weight excluding hydrogens is 260 g/mol. The fraction of sp³-hybridized carbons (Fsp3) is 0.214. The van der Waals surface area contributed by atoms with Crippen molar-refractivity contribution in [3.8, 4) is 0 Å². The molecule has 4 heteroatoms. The van der Waals surface area contributed by atoms with E-state index in [0.29, 0.717) is 0 Å². The summed E-state index contributed by atoms with van der Waals surface area (Å²) < 4.78 is 1.23. The lowest BCUT2D eigenvalue weighted by Crippen LogP contribution is -1.98. The maximum Gasteiger partial charge on any atom is 0.0813 e. The molecule has 1 N–H and O–H groups in total. The van der Waals surface area contributed by atoms with Crippen molar-refractivity contribution in [1.29, 1.82) is 0 Å². The number of anilines is 1. The standard InChI is InChI=1S/C14H14N2S2/c1-9-5-11(10(2)18-9)7-15-12-3-4-13-14(6-12)17-8-16-13/h3-6,8,15H,7H2,1-2H3. The van der Waals surface area contributed by atoms with Crippen molar-refractivity contribution >= 4 is 38.6 Å². The van der Waals surface area contributed by atoms with Gasteiger partial charge in [0.15, 0.2) is 0 Å². The first-order chi connectivity index (χ1) is 8.72. The molecule has 3 aromatic rings. The second-order valence-corrected chi connectivity index (χ2v) is 6.67. The summed E-state index contributed by atoms with van der Waals surface area (Å²) in [4.78, 5) is 7.07. The number of thiazole rings is 1. The summed E-state index contributed by atoms with van der Waals surface area (Å²) in [7, 11) is 0. The maximum atomic E-state index is 4.29. The fourth-order valence-electron chi connectivity index (χ4n) is 2.02. The summed E-state index contributed by atoms with van der Waals surface area (Å²) in [5, 5.41) is 3.48. The van der Waals surface area contributed by atoms with Gasteiger partial charge in [0.2, 0.25) is 0 Å². The second kappa shape index (κ2) is 4.71. The number of nitrogens with one attached hydrogen (secondary N) is 1. The third-order valence-corrected chi connectivity index (χ3v) is 4.76. The summed E-state index contributed by atoms with van der Waals surface area (Å²) in [5.74, 6) is 0. The number of nitrogens with zero attached hydrogens (tertiary/aromatic N) is 1. The number of hydrogen-bond acceptors (Lipinski definition) is 4. The molecule has 0 spiro atoms. The van der Waals surface area contributed by atoms with E-state index in [1.807, 2.05) is 16.8 Å². The molecule has 0 fully saturated rings. The van der Waals surface area contributed by atoms with Gasteiger partial charge in [-0.3, -0.25) is 0 Å². The van der Waals surface area contributed by atoms with E-state index in [1.54, 1.807) is 11.3 Å². The Balaban J connectivity index is 1.78. The molecular formula is C14H14N2S2. The van der Waals surface area contributed by atoms with Gasteiger partial charge in [-0.05, 0) is 43.7 Å². The minimum atomic E-state index is 0.889. The molecule has 0 bridgehead atoms. The molecule has 0 aliphatic rings. The molecule has 0 unspecified atom stereocenters. The highest BCUT2D eigenvalue weighted by molar-refractivity contribution is 7.16. The van der Waals surface area contributed by atoms with Crippen LogP contribution in [0.3, 0.4) is 0 Å². The van der Waals surface area contributed by atoms with Crippen molar-refractivity contribution < 1.29 is 0 Å². The molecule has 0 aliphatic carbocycles. The first-order valence-electron chi connectivity index (χ1n) is 5.85. The van der Waals surface area contributed by atoms with Crippen LogP contribution in [0.5, 0.6) is 0 Å². The van der Waals surface area contributed by atoms with E-state index in [-0.39, 0.29) is 0 Å². The van der Waals surface area contributed by atoms with E-state index < -0.39 is 0 Å².